The number of rotatable bonds is 6. The van der Waals surface area contributed by atoms with Gasteiger partial charge in [-0.05, 0) is 54.9 Å². The van der Waals surface area contributed by atoms with E-state index in [1.54, 1.807) is 0 Å². The molecule has 0 unspecified atom stereocenters. The molecule has 2 aromatic carbocycles. The Labute approximate surface area is 188 Å². The van der Waals surface area contributed by atoms with E-state index < -0.39 is 0 Å². The van der Waals surface area contributed by atoms with Crippen molar-refractivity contribution >= 4 is 24.8 Å². The first-order valence-corrected chi connectivity index (χ1v) is 10.4. The lowest BCUT2D eigenvalue weighted by Crippen LogP contribution is -2.47. The van der Waals surface area contributed by atoms with E-state index in [0.717, 1.165) is 37.8 Å². The zero-order chi connectivity index (χ0) is 18.6. The Morgan fingerprint density at radius 3 is 2.17 bits per heavy atom. The summed E-state index contributed by atoms with van der Waals surface area (Å²) < 4.78 is 6.21. The molecule has 1 atom stereocenters. The molecule has 1 heterocycles. The first kappa shape index (κ1) is 24.0. The lowest BCUT2D eigenvalue weighted by atomic mass is 9.75. The first-order valence-electron chi connectivity index (χ1n) is 10.4. The van der Waals surface area contributed by atoms with Crippen LogP contribution in [0.15, 0.2) is 42.5 Å². The van der Waals surface area contributed by atoms with Gasteiger partial charge in [-0.3, -0.25) is 4.90 Å². The molecule has 1 N–H and O–H groups in total. The van der Waals surface area contributed by atoms with Crippen molar-refractivity contribution in [2.24, 2.45) is 5.92 Å². The Bertz CT molecular complexity index is 736. The van der Waals surface area contributed by atoms with Gasteiger partial charge in [-0.25, -0.2) is 0 Å². The highest BCUT2D eigenvalue weighted by Gasteiger charge is 2.34. The number of benzene rings is 2. The van der Waals surface area contributed by atoms with Gasteiger partial charge < -0.3 is 10.1 Å². The van der Waals surface area contributed by atoms with Crippen molar-refractivity contribution in [3.05, 3.63) is 64.7 Å². The van der Waals surface area contributed by atoms with Crippen molar-refractivity contribution in [3.8, 4) is 5.75 Å². The lowest BCUT2D eigenvalue weighted by Gasteiger charge is -2.43. The highest BCUT2D eigenvalue weighted by molar-refractivity contribution is 5.85. The van der Waals surface area contributed by atoms with E-state index in [1.165, 1.54) is 41.5 Å². The molecule has 0 amide bonds. The molecule has 1 saturated carbocycles. The molecule has 0 aromatic heterocycles. The normalized spacial score (nSPS) is 18.1. The third-order valence-corrected chi connectivity index (χ3v) is 6.19. The van der Waals surface area contributed by atoms with Crippen molar-refractivity contribution in [2.45, 2.75) is 45.8 Å². The van der Waals surface area contributed by atoms with Gasteiger partial charge in [0.1, 0.15) is 12.4 Å². The van der Waals surface area contributed by atoms with Crippen molar-refractivity contribution in [3.63, 3.8) is 0 Å². The third-order valence-electron chi connectivity index (χ3n) is 6.19. The van der Waals surface area contributed by atoms with Crippen molar-refractivity contribution < 1.29 is 4.74 Å². The number of aryl methyl sites for hydroxylation is 2. The summed E-state index contributed by atoms with van der Waals surface area (Å²) >= 11 is 0. The predicted molar refractivity (Wildman–Crippen MR) is 126 cm³/mol. The van der Waals surface area contributed by atoms with Gasteiger partial charge in [-0.2, -0.15) is 0 Å². The molecule has 2 aliphatic rings. The van der Waals surface area contributed by atoms with Crippen LogP contribution >= 0.6 is 24.8 Å². The molecule has 0 spiro atoms. The molecule has 2 fully saturated rings. The van der Waals surface area contributed by atoms with Gasteiger partial charge in [0, 0.05) is 32.2 Å². The first-order chi connectivity index (χ1) is 13.2. The summed E-state index contributed by atoms with van der Waals surface area (Å²) in [5.41, 5.74) is 5.23. The second kappa shape index (κ2) is 11.2. The Kier molecular flexibility index (Phi) is 9.29. The summed E-state index contributed by atoms with van der Waals surface area (Å²) in [6.45, 7) is 9.57. The summed E-state index contributed by atoms with van der Waals surface area (Å²) in [6.07, 6.45) is 4.14. The van der Waals surface area contributed by atoms with E-state index >= 15 is 0 Å². The van der Waals surface area contributed by atoms with E-state index in [9.17, 15) is 0 Å². The van der Waals surface area contributed by atoms with Crippen molar-refractivity contribution in [1.82, 2.24) is 10.2 Å². The molecule has 2 aromatic rings. The maximum Gasteiger partial charge on any atom is 0.125 e. The number of hydrogen-bond donors (Lipinski definition) is 1. The van der Waals surface area contributed by atoms with E-state index in [4.69, 9.17) is 4.74 Å². The quantitative estimate of drug-likeness (QED) is 0.649. The Hall–Kier alpha value is -1.26. The number of halogens is 2. The highest BCUT2D eigenvalue weighted by Crippen LogP contribution is 2.43. The fourth-order valence-electron chi connectivity index (χ4n) is 4.61. The van der Waals surface area contributed by atoms with Crippen LogP contribution in [-0.2, 0) is 6.61 Å². The van der Waals surface area contributed by atoms with E-state index in [-0.39, 0.29) is 24.8 Å². The van der Waals surface area contributed by atoms with Gasteiger partial charge in [0.15, 0.2) is 0 Å². The van der Waals surface area contributed by atoms with Crippen LogP contribution in [0.4, 0.5) is 0 Å². The molecule has 29 heavy (non-hydrogen) atoms. The van der Waals surface area contributed by atoms with Gasteiger partial charge in [-0.15, -0.1) is 24.8 Å². The van der Waals surface area contributed by atoms with E-state index in [1.807, 2.05) is 6.07 Å². The number of nitrogens with one attached hydrogen (secondary N) is 1. The van der Waals surface area contributed by atoms with E-state index in [2.05, 4.69) is 60.5 Å². The Morgan fingerprint density at radius 1 is 1.00 bits per heavy atom. The van der Waals surface area contributed by atoms with Crippen LogP contribution in [0.5, 0.6) is 5.75 Å². The van der Waals surface area contributed by atoms with E-state index in [0.29, 0.717) is 12.6 Å². The number of nitrogens with zero attached hydrogens (tertiary/aromatic N) is 1. The molecule has 4 rings (SSSR count). The Morgan fingerprint density at radius 2 is 1.62 bits per heavy atom. The molecule has 1 saturated heterocycles. The Balaban J connectivity index is 0.00000150. The summed E-state index contributed by atoms with van der Waals surface area (Å²) in [5, 5.41) is 3.50. The second-order valence-electron chi connectivity index (χ2n) is 8.18. The van der Waals surface area contributed by atoms with Crippen LogP contribution in [0.1, 0.15) is 47.6 Å². The monoisotopic (exact) mass is 436 g/mol. The van der Waals surface area contributed by atoms with Crippen LogP contribution in [0.25, 0.3) is 0 Å². The highest BCUT2D eigenvalue weighted by atomic mass is 35.5. The molecule has 0 radical (unpaired) electrons. The number of ether oxygens (including phenoxy) is 1. The fraction of sp³-hybridized carbons (Fsp3) is 0.500. The molecular formula is C24H34Cl2N2O. The summed E-state index contributed by atoms with van der Waals surface area (Å²) in [6, 6.07) is 15.8. The minimum Gasteiger partial charge on any atom is -0.488 e. The second-order valence-corrected chi connectivity index (χ2v) is 8.18. The van der Waals surface area contributed by atoms with Crippen LogP contribution in [0, 0.1) is 19.8 Å². The fourth-order valence-corrected chi connectivity index (χ4v) is 4.61. The van der Waals surface area contributed by atoms with Crippen LogP contribution < -0.4 is 10.1 Å². The molecule has 1 aliphatic heterocycles. The maximum atomic E-state index is 6.21. The summed E-state index contributed by atoms with van der Waals surface area (Å²) in [5.74, 6) is 1.87. The topological polar surface area (TPSA) is 24.5 Å². The standard InChI is InChI=1S/C24H32N2O.2ClH/c1-18-15-22(23(21-9-6-10-21)26-13-11-25-12-14-26)16-19(2)24(18)27-17-20-7-4-3-5-8-20;;/h3-5,7-8,15-16,21,23,25H,6,9-14,17H2,1-2H3;2*1H/t23-;;/m0../s1. The smallest absolute Gasteiger partial charge is 0.125 e. The van der Waals surface area contributed by atoms with Gasteiger partial charge in [-0.1, -0.05) is 48.9 Å². The molecule has 3 nitrogen and oxygen atoms in total. The van der Waals surface area contributed by atoms with Gasteiger partial charge in [0.2, 0.25) is 0 Å². The summed E-state index contributed by atoms with van der Waals surface area (Å²) in [4.78, 5) is 2.71. The van der Waals surface area contributed by atoms with Gasteiger partial charge in [0.25, 0.3) is 0 Å². The van der Waals surface area contributed by atoms with Gasteiger partial charge >= 0.3 is 0 Å². The molecule has 1 aliphatic carbocycles. The minimum absolute atomic E-state index is 0. The molecule has 5 heteroatoms. The van der Waals surface area contributed by atoms with Crippen LogP contribution in [0.3, 0.4) is 0 Å². The minimum atomic E-state index is 0. The van der Waals surface area contributed by atoms with Gasteiger partial charge in [0.05, 0.1) is 0 Å². The number of piperazine rings is 1. The zero-order valence-electron chi connectivity index (χ0n) is 17.5. The number of hydrogen-bond acceptors (Lipinski definition) is 3. The molecule has 0 bridgehead atoms. The maximum absolute atomic E-state index is 6.21. The van der Waals surface area contributed by atoms with Crippen LogP contribution in [-0.4, -0.2) is 31.1 Å². The lowest BCUT2D eigenvalue weighted by molar-refractivity contribution is 0.0836. The average molecular weight is 437 g/mol. The largest absolute Gasteiger partial charge is 0.488 e. The van der Waals surface area contributed by atoms with Crippen molar-refractivity contribution in [2.75, 3.05) is 26.2 Å². The molecular weight excluding hydrogens is 403 g/mol. The van der Waals surface area contributed by atoms with Crippen molar-refractivity contribution in [1.29, 1.82) is 0 Å². The summed E-state index contributed by atoms with van der Waals surface area (Å²) in [7, 11) is 0. The predicted octanol–water partition coefficient (Wildman–Crippen LogP) is 5.47. The van der Waals surface area contributed by atoms with Crippen LogP contribution in [0.2, 0.25) is 0 Å². The third kappa shape index (κ3) is 5.67. The SMILES string of the molecule is Cc1cc([C@H](C2CCC2)N2CCNCC2)cc(C)c1OCc1ccccc1.Cl.Cl. The zero-order valence-corrected chi connectivity index (χ0v) is 19.2. The average Bonchev–Trinajstić information content (AvgIpc) is 2.65. The molecule has 160 valence electrons.